The van der Waals surface area contributed by atoms with Crippen LogP contribution in [0.4, 0.5) is 0 Å². The number of pyridine rings is 1. The van der Waals surface area contributed by atoms with Crippen LogP contribution in [0.1, 0.15) is 32.3 Å². The van der Waals surface area contributed by atoms with Crippen LogP contribution in [0.25, 0.3) is 0 Å². The van der Waals surface area contributed by atoms with Crippen molar-refractivity contribution in [1.82, 2.24) is 4.98 Å². The van der Waals surface area contributed by atoms with Gasteiger partial charge in [-0.3, -0.25) is 4.98 Å². The van der Waals surface area contributed by atoms with E-state index < -0.39 is 5.60 Å². The summed E-state index contributed by atoms with van der Waals surface area (Å²) < 4.78 is 0. The monoisotopic (exact) mass is 229 g/mol. The van der Waals surface area contributed by atoms with E-state index in [-0.39, 0.29) is 0 Å². The molecule has 0 bridgehead atoms. The van der Waals surface area contributed by atoms with Crippen LogP contribution in [0.3, 0.4) is 0 Å². The fraction of sp³-hybridized carbons (Fsp3) is 0.400. The molecule has 0 saturated heterocycles. The minimum atomic E-state index is -0.879. The number of allylic oxidation sites excluding steroid dienone is 2. The van der Waals surface area contributed by atoms with Crippen LogP contribution in [0.2, 0.25) is 0 Å². The van der Waals surface area contributed by atoms with Crippen molar-refractivity contribution >= 4 is 0 Å². The van der Waals surface area contributed by atoms with Crippen LogP contribution in [0.15, 0.2) is 48.3 Å². The van der Waals surface area contributed by atoms with Gasteiger partial charge in [-0.2, -0.15) is 0 Å². The maximum atomic E-state index is 10.9. The molecule has 0 aromatic carbocycles. The van der Waals surface area contributed by atoms with Crippen LogP contribution in [0.5, 0.6) is 0 Å². The fourth-order valence-corrected chi connectivity index (χ4v) is 2.42. The zero-order valence-corrected chi connectivity index (χ0v) is 10.5. The average Bonchev–Trinajstić information content (AvgIpc) is 2.33. The summed E-state index contributed by atoms with van der Waals surface area (Å²) in [6.45, 7) is 8.03. The minimum Gasteiger partial charge on any atom is -0.381 e. The normalized spacial score (nSPS) is 28.6. The highest BCUT2D eigenvalue weighted by Gasteiger charge is 2.37. The van der Waals surface area contributed by atoms with Gasteiger partial charge in [0.1, 0.15) is 5.60 Å². The Bertz CT molecular complexity index is 449. The lowest BCUT2D eigenvalue weighted by Crippen LogP contribution is -2.33. The summed E-state index contributed by atoms with van der Waals surface area (Å²) >= 11 is 0. The summed E-state index contributed by atoms with van der Waals surface area (Å²) in [5.41, 5.74) is 2.15. The first-order chi connectivity index (χ1) is 8.04. The molecule has 0 aliphatic heterocycles. The molecule has 0 saturated carbocycles. The van der Waals surface area contributed by atoms with Crippen LogP contribution in [-0.4, -0.2) is 10.1 Å². The second-order valence-corrected chi connectivity index (χ2v) is 4.97. The molecule has 1 aromatic rings. The van der Waals surface area contributed by atoms with E-state index in [1.165, 1.54) is 0 Å². The molecule has 1 unspecified atom stereocenters. The Morgan fingerprint density at radius 1 is 1.59 bits per heavy atom. The van der Waals surface area contributed by atoms with Crippen molar-refractivity contribution in [1.29, 1.82) is 0 Å². The molecule has 90 valence electrons. The quantitative estimate of drug-likeness (QED) is 0.790. The third-order valence-electron chi connectivity index (χ3n) is 3.74. The standard InChI is InChI=1S/C15H19NO/c1-11(2)13-7-6-12(3)15(17,9-13)14-5-4-8-16-10-14/h4-6,8,10,13,17H,1,7,9H2,2-3H3/t13-,15?/m0/s1. The molecular weight excluding hydrogens is 210 g/mol. The summed E-state index contributed by atoms with van der Waals surface area (Å²) in [6.07, 6.45) is 7.28. The van der Waals surface area contributed by atoms with Gasteiger partial charge in [-0.15, -0.1) is 0 Å². The van der Waals surface area contributed by atoms with Crippen LogP contribution in [0, 0.1) is 5.92 Å². The third-order valence-corrected chi connectivity index (χ3v) is 3.74. The third kappa shape index (κ3) is 2.18. The van der Waals surface area contributed by atoms with E-state index in [0.717, 1.165) is 23.1 Å². The summed E-state index contributed by atoms with van der Waals surface area (Å²) in [7, 11) is 0. The number of nitrogens with zero attached hydrogens (tertiary/aromatic N) is 1. The zero-order valence-electron chi connectivity index (χ0n) is 10.5. The summed E-state index contributed by atoms with van der Waals surface area (Å²) in [5.74, 6) is 0.351. The first-order valence-electron chi connectivity index (χ1n) is 5.99. The van der Waals surface area contributed by atoms with Gasteiger partial charge in [0.25, 0.3) is 0 Å². The highest BCUT2D eigenvalue weighted by atomic mass is 16.3. The van der Waals surface area contributed by atoms with E-state index in [1.54, 1.807) is 12.4 Å². The van der Waals surface area contributed by atoms with Crippen molar-refractivity contribution in [3.8, 4) is 0 Å². The molecule has 1 aliphatic carbocycles. The van der Waals surface area contributed by atoms with Crippen molar-refractivity contribution in [2.45, 2.75) is 32.3 Å². The number of aromatic nitrogens is 1. The molecule has 0 radical (unpaired) electrons. The van der Waals surface area contributed by atoms with Crippen molar-refractivity contribution < 1.29 is 5.11 Å². The first-order valence-corrected chi connectivity index (χ1v) is 5.99. The molecule has 0 fully saturated rings. The van der Waals surface area contributed by atoms with Gasteiger partial charge in [-0.1, -0.05) is 24.3 Å². The van der Waals surface area contributed by atoms with E-state index in [0.29, 0.717) is 12.3 Å². The molecule has 1 N–H and O–H groups in total. The Morgan fingerprint density at radius 2 is 2.35 bits per heavy atom. The maximum absolute atomic E-state index is 10.9. The second-order valence-electron chi connectivity index (χ2n) is 4.97. The van der Waals surface area contributed by atoms with Gasteiger partial charge in [-0.05, 0) is 44.2 Å². The smallest absolute Gasteiger partial charge is 0.112 e. The van der Waals surface area contributed by atoms with Gasteiger partial charge in [0.2, 0.25) is 0 Å². The van der Waals surface area contributed by atoms with Crippen LogP contribution >= 0.6 is 0 Å². The Morgan fingerprint density at radius 3 is 2.94 bits per heavy atom. The molecular formula is C15H19NO. The van der Waals surface area contributed by atoms with E-state index in [2.05, 4.69) is 17.6 Å². The maximum Gasteiger partial charge on any atom is 0.112 e. The number of rotatable bonds is 2. The van der Waals surface area contributed by atoms with Gasteiger partial charge in [0.05, 0.1) is 0 Å². The Labute approximate surface area is 103 Å². The van der Waals surface area contributed by atoms with Crippen LogP contribution < -0.4 is 0 Å². The number of hydrogen-bond donors (Lipinski definition) is 1. The average molecular weight is 229 g/mol. The minimum absolute atomic E-state index is 0.351. The van der Waals surface area contributed by atoms with E-state index in [4.69, 9.17) is 0 Å². The van der Waals surface area contributed by atoms with Gasteiger partial charge >= 0.3 is 0 Å². The van der Waals surface area contributed by atoms with Gasteiger partial charge in [0.15, 0.2) is 0 Å². The molecule has 0 amide bonds. The zero-order chi connectivity index (χ0) is 12.5. The predicted molar refractivity (Wildman–Crippen MR) is 69.4 cm³/mol. The second kappa shape index (κ2) is 4.46. The van der Waals surface area contributed by atoms with Crippen molar-refractivity contribution in [3.05, 3.63) is 53.9 Å². The molecule has 17 heavy (non-hydrogen) atoms. The van der Waals surface area contributed by atoms with E-state index in [9.17, 15) is 5.11 Å². The SMILES string of the molecule is C=C(C)[C@H]1CC=C(C)C(O)(c2cccnc2)C1. The molecule has 1 aliphatic rings. The lowest BCUT2D eigenvalue weighted by atomic mass is 9.73. The van der Waals surface area contributed by atoms with E-state index >= 15 is 0 Å². The molecule has 1 heterocycles. The summed E-state index contributed by atoms with van der Waals surface area (Å²) in [6, 6.07) is 3.80. The van der Waals surface area contributed by atoms with Crippen molar-refractivity contribution in [3.63, 3.8) is 0 Å². The van der Waals surface area contributed by atoms with E-state index in [1.807, 2.05) is 26.0 Å². The Balaban J connectivity index is 2.39. The lowest BCUT2D eigenvalue weighted by Gasteiger charge is -2.37. The van der Waals surface area contributed by atoms with Crippen LogP contribution in [-0.2, 0) is 5.60 Å². The molecule has 1 aromatic heterocycles. The lowest BCUT2D eigenvalue weighted by molar-refractivity contribution is 0.0460. The number of hydrogen-bond acceptors (Lipinski definition) is 2. The Kier molecular flexibility index (Phi) is 3.16. The largest absolute Gasteiger partial charge is 0.381 e. The van der Waals surface area contributed by atoms with Crippen molar-refractivity contribution in [2.75, 3.05) is 0 Å². The first kappa shape index (κ1) is 12.1. The van der Waals surface area contributed by atoms with Crippen molar-refractivity contribution in [2.24, 2.45) is 5.92 Å². The fourth-order valence-electron chi connectivity index (χ4n) is 2.42. The molecule has 2 heteroatoms. The molecule has 0 spiro atoms. The number of aliphatic hydroxyl groups is 1. The Hall–Kier alpha value is -1.41. The van der Waals surface area contributed by atoms with Gasteiger partial charge in [0, 0.05) is 18.0 Å². The van der Waals surface area contributed by atoms with Gasteiger partial charge < -0.3 is 5.11 Å². The predicted octanol–water partition coefficient (Wildman–Crippen LogP) is 3.20. The topological polar surface area (TPSA) is 33.1 Å². The summed E-state index contributed by atoms with van der Waals surface area (Å²) in [5, 5.41) is 10.9. The highest BCUT2D eigenvalue weighted by Crippen LogP contribution is 2.42. The molecule has 2 atom stereocenters. The molecule has 2 nitrogen and oxygen atoms in total. The molecule has 2 rings (SSSR count). The summed E-state index contributed by atoms with van der Waals surface area (Å²) in [4.78, 5) is 4.10. The van der Waals surface area contributed by atoms with Gasteiger partial charge in [-0.25, -0.2) is 0 Å². The highest BCUT2D eigenvalue weighted by molar-refractivity contribution is 5.33.